The highest BCUT2D eigenvalue weighted by Crippen LogP contribution is 2.55. The smallest absolute Gasteiger partial charge is 0.127 e. The molecular formula is C38H36O2P+. The van der Waals surface area contributed by atoms with E-state index in [2.05, 4.69) is 122 Å². The average Bonchev–Trinajstić information content (AvgIpc) is 3.03. The molecule has 0 aliphatic carbocycles. The number of rotatable bonds is 12. The average molecular weight is 556 g/mol. The Bertz CT molecular complexity index is 1500. The van der Waals surface area contributed by atoms with Gasteiger partial charge >= 0.3 is 0 Å². The number of phenols is 1. The number of ether oxygens (including phenoxy) is 1. The maximum Gasteiger partial charge on any atom is 0.127 e. The zero-order valence-electron chi connectivity index (χ0n) is 23.3. The van der Waals surface area contributed by atoms with Crippen LogP contribution in [-0.2, 0) is 12.8 Å². The lowest BCUT2D eigenvalue weighted by Gasteiger charge is -2.28. The maximum absolute atomic E-state index is 10.4. The molecule has 0 aliphatic heterocycles. The number of hydrogen-bond acceptors (Lipinski definition) is 2. The SMILES string of the molecule is C=CCc1ccc(OCC[P+](c2ccccc2)(c2ccccc2)c2ccccc2)c(-c2ccc(O)c(CC=C)c2)c1. The molecular weight excluding hydrogens is 519 g/mol. The molecule has 5 rings (SSSR count). The summed E-state index contributed by atoms with van der Waals surface area (Å²) in [5.41, 5.74) is 4.04. The molecule has 0 radical (unpaired) electrons. The second-order valence-corrected chi connectivity index (χ2v) is 13.7. The molecule has 0 heterocycles. The molecule has 0 atom stereocenters. The zero-order chi connectivity index (χ0) is 28.5. The molecule has 204 valence electrons. The van der Waals surface area contributed by atoms with Gasteiger partial charge in [-0.1, -0.05) is 78.9 Å². The Labute approximate surface area is 244 Å². The Kier molecular flexibility index (Phi) is 9.14. The van der Waals surface area contributed by atoms with Gasteiger partial charge in [0.25, 0.3) is 0 Å². The zero-order valence-corrected chi connectivity index (χ0v) is 24.2. The maximum atomic E-state index is 10.4. The van der Waals surface area contributed by atoms with Crippen LogP contribution in [0.5, 0.6) is 11.5 Å². The summed E-state index contributed by atoms with van der Waals surface area (Å²) in [4.78, 5) is 0. The standard InChI is InChI=1S/C38H35O2P/c1-3-14-30-22-25-38(36(28-30)31-23-24-37(39)32(29-31)15-4-2)40-26-27-41(33-16-8-5-9-17-33,34-18-10-6-11-19-34)35-20-12-7-13-21-35/h3-13,16-25,28-29H,1-2,14-15,26-27H2/p+1. The van der Waals surface area contributed by atoms with Crippen molar-refractivity contribution in [1.29, 1.82) is 0 Å². The molecule has 41 heavy (non-hydrogen) atoms. The van der Waals surface area contributed by atoms with E-state index in [0.717, 1.165) is 35.0 Å². The van der Waals surface area contributed by atoms with Crippen molar-refractivity contribution in [2.75, 3.05) is 12.8 Å². The van der Waals surface area contributed by atoms with Gasteiger partial charge in [0.2, 0.25) is 0 Å². The summed E-state index contributed by atoms with van der Waals surface area (Å²) in [6.45, 7) is 8.33. The first-order valence-electron chi connectivity index (χ1n) is 14.0. The van der Waals surface area contributed by atoms with E-state index in [1.807, 2.05) is 24.3 Å². The second kappa shape index (κ2) is 13.3. The Balaban J connectivity index is 1.55. The molecule has 1 N–H and O–H groups in total. The van der Waals surface area contributed by atoms with Crippen LogP contribution < -0.4 is 20.7 Å². The van der Waals surface area contributed by atoms with Gasteiger partial charge in [-0.15, -0.1) is 13.2 Å². The van der Waals surface area contributed by atoms with Crippen molar-refractivity contribution in [1.82, 2.24) is 0 Å². The molecule has 3 heteroatoms. The molecule has 0 saturated carbocycles. The third-order valence-corrected chi connectivity index (χ3v) is 11.8. The van der Waals surface area contributed by atoms with E-state index in [1.54, 1.807) is 6.07 Å². The van der Waals surface area contributed by atoms with Crippen LogP contribution >= 0.6 is 7.26 Å². The highest BCUT2D eigenvalue weighted by atomic mass is 31.2. The van der Waals surface area contributed by atoms with E-state index >= 15 is 0 Å². The first-order chi connectivity index (χ1) is 20.2. The fourth-order valence-electron chi connectivity index (χ4n) is 5.47. The molecule has 0 aliphatic rings. The first kappa shape index (κ1) is 28.1. The number of benzene rings is 5. The molecule has 5 aromatic rings. The largest absolute Gasteiger partial charge is 0.508 e. The molecule has 0 fully saturated rings. The molecule has 0 bridgehead atoms. The van der Waals surface area contributed by atoms with E-state index in [4.69, 9.17) is 4.74 Å². The van der Waals surface area contributed by atoms with Crippen LogP contribution in [0, 0.1) is 0 Å². The van der Waals surface area contributed by atoms with Gasteiger partial charge in [-0.2, -0.15) is 0 Å². The van der Waals surface area contributed by atoms with Crippen LogP contribution in [0.25, 0.3) is 11.1 Å². The van der Waals surface area contributed by atoms with E-state index < -0.39 is 7.26 Å². The van der Waals surface area contributed by atoms with Crippen molar-refractivity contribution in [3.05, 3.63) is 164 Å². The van der Waals surface area contributed by atoms with E-state index in [0.29, 0.717) is 13.0 Å². The van der Waals surface area contributed by atoms with Gasteiger partial charge in [0.15, 0.2) is 0 Å². The fraction of sp³-hybridized carbons (Fsp3) is 0.105. The van der Waals surface area contributed by atoms with Crippen LogP contribution in [0.1, 0.15) is 11.1 Å². The van der Waals surface area contributed by atoms with E-state index in [-0.39, 0.29) is 5.75 Å². The number of aromatic hydroxyl groups is 1. The fourth-order valence-corrected chi connectivity index (χ4v) is 9.55. The summed E-state index contributed by atoms with van der Waals surface area (Å²) in [6, 6.07) is 44.8. The summed E-state index contributed by atoms with van der Waals surface area (Å²) < 4.78 is 6.69. The molecule has 0 amide bonds. The van der Waals surface area contributed by atoms with Gasteiger partial charge < -0.3 is 9.84 Å². The predicted molar refractivity (Wildman–Crippen MR) is 177 cm³/mol. The predicted octanol–water partition coefficient (Wildman–Crippen LogP) is 7.89. The normalized spacial score (nSPS) is 11.1. The van der Waals surface area contributed by atoms with Crippen LogP contribution in [0.4, 0.5) is 0 Å². The quantitative estimate of drug-likeness (QED) is 0.125. The highest BCUT2D eigenvalue weighted by molar-refractivity contribution is 7.95. The van der Waals surface area contributed by atoms with Crippen molar-refractivity contribution in [3.63, 3.8) is 0 Å². The van der Waals surface area contributed by atoms with Crippen LogP contribution in [0.3, 0.4) is 0 Å². The number of phenolic OH excluding ortho intramolecular Hbond substituents is 1. The summed E-state index contributed by atoms with van der Waals surface area (Å²) in [5, 5.41) is 14.4. The Morgan fingerprint density at radius 3 is 1.73 bits per heavy atom. The van der Waals surface area contributed by atoms with Crippen molar-refractivity contribution < 1.29 is 9.84 Å². The van der Waals surface area contributed by atoms with Crippen molar-refractivity contribution >= 4 is 23.2 Å². The lowest BCUT2D eigenvalue weighted by atomic mass is 9.97. The molecule has 0 aromatic heterocycles. The van der Waals surface area contributed by atoms with Gasteiger partial charge in [-0.05, 0) is 90.2 Å². The van der Waals surface area contributed by atoms with Gasteiger partial charge in [-0.25, -0.2) is 0 Å². The Morgan fingerprint density at radius 2 is 1.20 bits per heavy atom. The number of allylic oxidation sites excluding steroid dienone is 2. The molecule has 2 nitrogen and oxygen atoms in total. The minimum Gasteiger partial charge on any atom is -0.508 e. The van der Waals surface area contributed by atoms with Gasteiger partial charge in [0, 0.05) is 5.56 Å². The van der Waals surface area contributed by atoms with Gasteiger partial charge in [-0.3, -0.25) is 0 Å². The summed E-state index contributed by atoms with van der Waals surface area (Å²) >= 11 is 0. The van der Waals surface area contributed by atoms with Crippen LogP contribution in [0.2, 0.25) is 0 Å². The summed E-state index contributed by atoms with van der Waals surface area (Å²) in [5.74, 6) is 1.11. The topological polar surface area (TPSA) is 29.5 Å². The minimum atomic E-state index is -2.00. The van der Waals surface area contributed by atoms with E-state index in [9.17, 15) is 5.11 Å². The molecule has 0 unspecified atom stereocenters. The highest BCUT2D eigenvalue weighted by Gasteiger charge is 2.45. The lowest BCUT2D eigenvalue weighted by molar-refractivity contribution is 0.344. The Morgan fingerprint density at radius 1 is 0.634 bits per heavy atom. The van der Waals surface area contributed by atoms with Crippen molar-refractivity contribution in [2.45, 2.75) is 12.8 Å². The second-order valence-electron chi connectivity index (χ2n) is 10.0. The van der Waals surface area contributed by atoms with Crippen molar-refractivity contribution in [3.8, 4) is 22.6 Å². The third-order valence-electron chi connectivity index (χ3n) is 7.45. The summed E-state index contributed by atoms with van der Waals surface area (Å²) in [7, 11) is -2.00. The van der Waals surface area contributed by atoms with Gasteiger partial charge in [0.1, 0.15) is 47.4 Å². The van der Waals surface area contributed by atoms with E-state index in [1.165, 1.54) is 21.5 Å². The monoisotopic (exact) mass is 555 g/mol. The number of hydrogen-bond donors (Lipinski definition) is 1. The van der Waals surface area contributed by atoms with Crippen LogP contribution in [-0.4, -0.2) is 17.9 Å². The lowest BCUT2D eigenvalue weighted by Crippen LogP contribution is -2.35. The van der Waals surface area contributed by atoms with Gasteiger partial charge in [0.05, 0.1) is 0 Å². The minimum absolute atomic E-state index is 0.279. The first-order valence-corrected chi connectivity index (χ1v) is 16.0. The van der Waals surface area contributed by atoms with Crippen LogP contribution in [0.15, 0.2) is 153 Å². The molecule has 0 saturated heterocycles. The Hall–Kier alpha value is -4.39. The molecule has 5 aromatic carbocycles. The van der Waals surface area contributed by atoms with Crippen molar-refractivity contribution in [2.24, 2.45) is 0 Å². The molecule has 0 spiro atoms. The summed E-state index contributed by atoms with van der Waals surface area (Å²) in [6.07, 6.45) is 5.95. The third kappa shape index (κ3) is 6.19.